The first-order valence-corrected chi connectivity index (χ1v) is 5.98. The highest BCUT2D eigenvalue weighted by atomic mass is 16.4. The molecule has 0 radical (unpaired) electrons. The molecule has 2 nitrogen and oxygen atoms in total. The van der Waals surface area contributed by atoms with E-state index in [0.29, 0.717) is 5.57 Å². The van der Waals surface area contributed by atoms with Gasteiger partial charge in [0.2, 0.25) is 0 Å². The summed E-state index contributed by atoms with van der Waals surface area (Å²) in [5.74, 6) is -0.0435. The molecule has 2 rings (SSSR count). The molecule has 0 heterocycles. The van der Waals surface area contributed by atoms with Crippen LogP contribution in [0.15, 0.2) is 34.9 Å². The summed E-state index contributed by atoms with van der Waals surface area (Å²) in [6, 6.07) is 0. The van der Waals surface area contributed by atoms with Crippen molar-refractivity contribution < 1.29 is 9.90 Å². The van der Waals surface area contributed by atoms with Crippen molar-refractivity contribution in [2.45, 2.75) is 39.0 Å². The van der Waals surface area contributed by atoms with E-state index in [1.54, 1.807) is 6.08 Å². The third-order valence-corrected chi connectivity index (χ3v) is 3.68. The number of rotatable bonds is 2. The van der Waals surface area contributed by atoms with Crippen molar-refractivity contribution >= 4 is 5.97 Å². The van der Waals surface area contributed by atoms with Crippen molar-refractivity contribution in [3.63, 3.8) is 0 Å². The van der Waals surface area contributed by atoms with Gasteiger partial charge in [-0.3, -0.25) is 0 Å². The van der Waals surface area contributed by atoms with E-state index < -0.39 is 5.97 Å². The minimum absolute atomic E-state index is 0.462. The summed E-state index contributed by atoms with van der Waals surface area (Å²) in [6.45, 7) is 1.93. The number of hydrogen-bond acceptors (Lipinski definition) is 1. The van der Waals surface area contributed by atoms with Crippen molar-refractivity contribution in [2.24, 2.45) is 5.92 Å². The third-order valence-electron chi connectivity index (χ3n) is 3.68. The smallest absolute Gasteiger partial charge is 0.335 e. The zero-order valence-electron chi connectivity index (χ0n) is 9.70. The van der Waals surface area contributed by atoms with Gasteiger partial charge in [0, 0.05) is 0 Å². The molecule has 0 saturated heterocycles. The van der Waals surface area contributed by atoms with Crippen LogP contribution in [0.4, 0.5) is 0 Å². The summed E-state index contributed by atoms with van der Waals surface area (Å²) in [5, 5.41) is 9.03. The molecule has 0 aromatic carbocycles. The molecule has 16 heavy (non-hydrogen) atoms. The van der Waals surface area contributed by atoms with Crippen LogP contribution in [0.5, 0.6) is 0 Å². The Bertz CT molecular complexity index is 382. The molecule has 0 atom stereocenters. The van der Waals surface area contributed by atoms with Crippen LogP contribution in [0.3, 0.4) is 0 Å². The quantitative estimate of drug-likeness (QED) is 0.770. The Morgan fingerprint density at radius 1 is 1.38 bits per heavy atom. The van der Waals surface area contributed by atoms with Crippen LogP contribution >= 0.6 is 0 Å². The molecule has 0 aromatic rings. The Hall–Kier alpha value is -1.31. The Balaban J connectivity index is 2.15. The highest BCUT2D eigenvalue weighted by molar-refractivity contribution is 5.90. The summed E-state index contributed by atoms with van der Waals surface area (Å²) >= 11 is 0. The number of hydrogen-bond donors (Lipinski definition) is 1. The monoisotopic (exact) mass is 218 g/mol. The van der Waals surface area contributed by atoms with Gasteiger partial charge in [0.1, 0.15) is 0 Å². The van der Waals surface area contributed by atoms with E-state index in [2.05, 4.69) is 6.08 Å². The molecule has 0 spiro atoms. The zero-order valence-corrected chi connectivity index (χ0v) is 9.70. The van der Waals surface area contributed by atoms with Crippen LogP contribution in [0.2, 0.25) is 0 Å². The lowest BCUT2D eigenvalue weighted by atomic mass is 9.77. The van der Waals surface area contributed by atoms with Gasteiger partial charge in [-0.2, -0.15) is 0 Å². The topological polar surface area (TPSA) is 37.3 Å². The van der Waals surface area contributed by atoms with Crippen molar-refractivity contribution in [2.75, 3.05) is 0 Å². The van der Waals surface area contributed by atoms with Gasteiger partial charge < -0.3 is 5.11 Å². The van der Waals surface area contributed by atoms with E-state index in [0.717, 1.165) is 24.3 Å². The Morgan fingerprint density at radius 2 is 2.12 bits per heavy atom. The van der Waals surface area contributed by atoms with Gasteiger partial charge in [0.05, 0.1) is 5.57 Å². The number of aliphatic carboxylic acids is 1. The lowest BCUT2D eigenvalue weighted by molar-refractivity contribution is -0.132. The van der Waals surface area contributed by atoms with Crippen LogP contribution in [-0.2, 0) is 4.79 Å². The van der Waals surface area contributed by atoms with E-state index >= 15 is 0 Å². The standard InChI is InChI=1S/C14H18O2/c1-10-8-9-12(11-4-2-5-11)6-3-7-13(10)14(15)16/h3,6-7,11H,2,4-5,8-9H2,1H3,(H,15,16). The fourth-order valence-corrected chi connectivity index (χ4v) is 2.33. The maximum atomic E-state index is 11.0. The highest BCUT2D eigenvalue weighted by Gasteiger charge is 2.22. The number of carbonyl (C=O) groups is 1. The summed E-state index contributed by atoms with van der Waals surface area (Å²) in [4.78, 5) is 11.0. The van der Waals surface area contributed by atoms with Gasteiger partial charge in [-0.1, -0.05) is 29.7 Å². The Kier molecular flexibility index (Phi) is 3.28. The lowest BCUT2D eigenvalue weighted by Gasteiger charge is -2.29. The fourth-order valence-electron chi connectivity index (χ4n) is 2.33. The van der Waals surface area contributed by atoms with Crippen molar-refractivity contribution in [1.82, 2.24) is 0 Å². The summed E-state index contributed by atoms with van der Waals surface area (Å²) in [6.07, 6.45) is 11.6. The van der Waals surface area contributed by atoms with Gasteiger partial charge in [-0.05, 0) is 44.6 Å². The molecule has 2 heteroatoms. The second-order valence-corrected chi connectivity index (χ2v) is 4.73. The highest BCUT2D eigenvalue weighted by Crippen LogP contribution is 2.36. The SMILES string of the molecule is CC1=C(C(=O)O)C=CC=C(C2CCC2)CC1. The normalized spacial score (nSPS) is 22.2. The average Bonchev–Trinajstić information content (AvgIpc) is 2.13. The van der Waals surface area contributed by atoms with Crippen LogP contribution in [0.1, 0.15) is 39.0 Å². The molecule has 0 bridgehead atoms. The lowest BCUT2D eigenvalue weighted by Crippen LogP contribution is -2.14. The predicted molar refractivity (Wildman–Crippen MR) is 64.1 cm³/mol. The molecular weight excluding hydrogens is 200 g/mol. The van der Waals surface area contributed by atoms with Crippen LogP contribution in [-0.4, -0.2) is 11.1 Å². The average molecular weight is 218 g/mol. The van der Waals surface area contributed by atoms with Crippen molar-refractivity contribution in [1.29, 1.82) is 0 Å². The predicted octanol–water partition coefficient (Wildman–Crippen LogP) is 3.46. The molecule has 1 saturated carbocycles. The van der Waals surface area contributed by atoms with Gasteiger partial charge in [0.25, 0.3) is 0 Å². The van der Waals surface area contributed by atoms with E-state index in [1.165, 1.54) is 24.8 Å². The summed E-state index contributed by atoms with van der Waals surface area (Å²) in [7, 11) is 0. The van der Waals surface area contributed by atoms with Gasteiger partial charge in [0.15, 0.2) is 0 Å². The van der Waals surface area contributed by atoms with Crippen molar-refractivity contribution in [3.8, 4) is 0 Å². The van der Waals surface area contributed by atoms with E-state index in [4.69, 9.17) is 5.11 Å². The number of allylic oxidation sites excluding steroid dienone is 4. The molecular formula is C14H18O2. The Labute approximate surface area is 96.4 Å². The number of carboxylic acids is 1. The summed E-state index contributed by atoms with van der Waals surface area (Å²) in [5.41, 5.74) is 2.96. The maximum Gasteiger partial charge on any atom is 0.335 e. The first-order valence-electron chi connectivity index (χ1n) is 5.98. The minimum atomic E-state index is -0.811. The second-order valence-electron chi connectivity index (χ2n) is 4.73. The Morgan fingerprint density at radius 3 is 2.69 bits per heavy atom. The molecule has 0 unspecified atom stereocenters. The minimum Gasteiger partial charge on any atom is -0.478 e. The molecule has 2 aliphatic rings. The first kappa shape index (κ1) is 11.2. The van der Waals surface area contributed by atoms with E-state index in [1.807, 2.05) is 13.0 Å². The largest absolute Gasteiger partial charge is 0.478 e. The van der Waals surface area contributed by atoms with Gasteiger partial charge in [-0.15, -0.1) is 0 Å². The molecule has 0 aliphatic heterocycles. The van der Waals surface area contributed by atoms with E-state index in [-0.39, 0.29) is 0 Å². The van der Waals surface area contributed by atoms with Crippen LogP contribution in [0, 0.1) is 5.92 Å². The van der Waals surface area contributed by atoms with Gasteiger partial charge >= 0.3 is 5.97 Å². The fraction of sp³-hybridized carbons (Fsp3) is 0.500. The van der Waals surface area contributed by atoms with Crippen LogP contribution < -0.4 is 0 Å². The van der Waals surface area contributed by atoms with Gasteiger partial charge in [-0.25, -0.2) is 4.79 Å². The van der Waals surface area contributed by atoms with Crippen molar-refractivity contribution in [3.05, 3.63) is 34.9 Å². The number of carboxylic acid groups (broad SMARTS) is 1. The zero-order chi connectivity index (χ0) is 11.5. The molecule has 86 valence electrons. The third kappa shape index (κ3) is 2.26. The molecule has 1 fully saturated rings. The molecule has 2 aliphatic carbocycles. The first-order chi connectivity index (χ1) is 7.68. The molecule has 1 N–H and O–H groups in total. The summed E-state index contributed by atoms with van der Waals surface area (Å²) < 4.78 is 0. The van der Waals surface area contributed by atoms with Crippen LogP contribution in [0.25, 0.3) is 0 Å². The molecule has 0 amide bonds. The van der Waals surface area contributed by atoms with E-state index in [9.17, 15) is 4.79 Å². The maximum absolute atomic E-state index is 11.0. The second kappa shape index (κ2) is 4.69. The molecule has 0 aromatic heterocycles.